The van der Waals surface area contributed by atoms with Crippen molar-refractivity contribution in [2.75, 3.05) is 0 Å². The van der Waals surface area contributed by atoms with Gasteiger partial charge in [-0.1, -0.05) is 108 Å². The van der Waals surface area contributed by atoms with Gasteiger partial charge in [-0.25, -0.2) is 15.0 Å². The minimum atomic E-state index is 0.657. The van der Waals surface area contributed by atoms with Crippen LogP contribution in [0.15, 0.2) is 126 Å². The normalized spacial score (nSPS) is 11.6. The first-order valence-corrected chi connectivity index (χ1v) is 17.1. The molecule has 0 saturated carbocycles. The Kier molecular flexibility index (Phi) is 7.06. The lowest BCUT2D eigenvalue weighted by atomic mass is 9.60. The molecule has 2 aromatic heterocycles. The van der Waals surface area contributed by atoms with Crippen LogP contribution in [0.25, 0.3) is 88.8 Å². The van der Waals surface area contributed by atoms with Gasteiger partial charge in [-0.05, 0) is 56.9 Å². The van der Waals surface area contributed by atoms with E-state index in [0.717, 1.165) is 60.5 Å². The number of rotatable bonds is 4. The molecule has 0 radical (unpaired) electrons. The average Bonchev–Trinajstić information content (AvgIpc) is 3.53. The fraction of sp³-hybridized carbons (Fsp3) is 0. The summed E-state index contributed by atoms with van der Waals surface area (Å²) >= 11 is 0. The minimum Gasteiger partial charge on any atom is -0.456 e. The summed E-state index contributed by atoms with van der Waals surface area (Å²) in [7, 11) is 11.0. The molecule has 0 saturated heterocycles. The number of fused-ring (bicyclic) bond motifs is 5. The zero-order valence-electron chi connectivity index (χ0n) is 28.8. The Bertz CT molecular complexity index is 2810. The van der Waals surface area contributed by atoms with Gasteiger partial charge < -0.3 is 4.42 Å². The Balaban J connectivity index is 1.29. The molecule has 0 atom stereocenters. The number of nitrogens with zero attached hydrogens (tertiary/aromatic N) is 3. The smallest absolute Gasteiger partial charge is 0.164 e. The Morgan fingerprint density at radius 2 is 0.980 bits per heavy atom. The van der Waals surface area contributed by atoms with E-state index in [9.17, 15) is 0 Å². The van der Waals surface area contributed by atoms with Crippen LogP contribution >= 0.6 is 0 Å². The van der Waals surface area contributed by atoms with Gasteiger partial charge in [-0.15, -0.1) is 16.4 Å². The van der Waals surface area contributed by atoms with Crippen LogP contribution in [0.2, 0.25) is 0 Å². The molecule has 0 fully saturated rings. The minimum absolute atomic E-state index is 0.657. The molecule has 7 aromatic carbocycles. The molecule has 0 bridgehead atoms. The van der Waals surface area contributed by atoms with Gasteiger partial charge in [0.1, 0.15) is 50.4 Å². The molecule has 0 amide bonds. The largest absolute Gasteiger partial charge is 0.456 e. The maximum atomic E-state index is 6.45. The monoisotopic (exact) mass is 635 g/mol. The van der Waals surface area contributed by atoms with Crippen LogP contribution in [0, 0.1) is 0 Å². The third-order valence-electron chi connectivity index (χ3n) is 10.7. The SMILES string of the molecule is Bc1c(B)c(B)c(-c2nc(-c3ccccc3)nc(-c3ccc(-c4cccc5oc6cc7ccccc7cc6c45)c4ccccc34)n2)c(B)c1B. The summed E-state index contributed by atoms with van der Waals surface area (Å²) in [6, 6.07) is 42.4. The van der Waals surface area contributed by atoms with Crippen LogP contribution in [0.3, 0.4) is 0 Å². The summed E-state index contributed by atoms with van der Waals surface area (Å²) in [6.45, 7) is 0. The zero-order chi connectivity index (χ0) is 34.1. The van der Waals surface area contributed by atoms with Crippen molar-refractivity contribution < 1.29 is 4.42 Å². The molecule has 0 aliphatic carbocycles. The molecule has 0 N–H and O–H groups in total. The summed E-state index contributed by atoms with van der Waals surface area (Å²) < 4.78 is 6.45. The van der Waals surface area contributed by atoms with E-state index in [-0.39, 0.29) is 0 Å². The predicted octanol–water partition coefficient (Wildman–Crippen LogP) is 2.04. The topological polar surface area (TPSA) is 51.8 Å². The second kappa shape index (κ2) is 11.7. The molecule has 0 unspecified atom stereocenters. The fourth-order valence-corrected chi connectivity index (χ4v) is 7.62. The maximum absolute atomic E-state index is 6.45. The van der Waals surface area contributed by atoms with Crippen LogP contribution in [0.4, 0.5) is 0 Å². The molecular weight excluding hydrogens is 605 g/mol. The van der Waals surface area contributed by atoms with Crippen molar-refractivity contribution in [3.63, 3.8) is 0 Å². The van der Waals surface area contributed by atoms with E-state index in [1.165, 1.54) is 38.1 Å². The van der Waals surface area contributed by atoms with Crippen molar-refractivity contribution in [3.05, 3.63) is 121 Å². The molecule has 230 valence electrons. The second-order valence-corrected chi connectivity index (χ2v) is 13.4. The molecule has 2 heterocycles. The third kappa shape index (κ3) is 4.72. The molecule has 0 aliphatic rings. The highest BCUT2D eigenvalue weighted by Gasteiger charge is 2.21. The van der Waals surface area contributed by atoms with E-state index >= 15 is 0 Å². The zero-order valence-corrected chi connectivity index (χ0v) is 28.8. The maximum Gasteiger partial charge on any atom is 0.164 e. The Morgan fingerprint density at radius 3 is 1.72 bits per heavy atom. The van der Waals surface area contributed by atoms with Crippen molar-refractivity contribution in [2.24, 2.45) is 0 Å². The van der Waals surface area contributed by atoms with Crippen molar-refractivity contribution in [2.45, 2.75) is 0 Å². The van der Waals surface area contributed by atoms with E-state index in [1.807, 2.05) is 18.2 Å². The van der Waals surface area contributed by atoms with Gasteiger partial charge in [0.15, 0.2) is 17.5 Å². The molecule has 50 heavy (non-hydrogen) atoms. The van der Waals surface area contributed by atoms with Gasteiger partial charge in [0, 0.05) is 27.5 Å². The van der Waals surface area contributed by atoms with Crippen LogP contribution in [-0.2, 0) is 0 Å². The molecule has 4 nitrogen and oxygen atoms in total. The number of hydrogen-bond donors (Lipinski definition) is 0. The standard InChI is InChI=1S/C41H30B5N3O/c42-34-33(35(43)37(45)38(46)36(34)44)41-48-39(21-9-2-1-3-10-21)47-40(49-41)28-18-17-26(24-13-6-7-14-25(24)28)27-15-8-16-30-32(27)29-19-22-11-4-5-12-23(22)20-31(29)50-30/h1-20H,42-46H2. The molecule has 9 heteroatoms. The highest BCUT2D eigenvalue weighted by Crippen LogP contribution is 2.42. The number of benzene rings is 7. The van der Waals surface area contributed by atoms with Gasteiger partial charge in [-0.3, -0.25) is 0 Å². The van der Waals surface area contributed by atoms with E-state index in [2.05, 4.69) is 142 Å². The van der Waals surface area contributed by atoms with E-state index in [1.54, 1.807) is 0 Å². The lowest BCUT2D eigenvalue weighted by Crippen LogP contribution is -2.55. The van der Waals surface area contributed by atoms with Crippen molar-refractivity contribution in [3.8, 4) is 45.3 Å². The van der Waals surface area contributed by atoms with Gasteiger partial charge in [0.25, 0.3) is 0 Å². The molecular formula is C41H30B5N3O. The van der Waals surface area contributed by atoms with Crippen LogP contribution in [0.1, 0.15) is 0 Å². The Morgan fingerprint density at radius 1 is 0.400 bits per heavy atom. The summed E-state index contributed by atoms with van der Waals surface area (Å²) in [4.78, 5) is 15.5. The van der Waals surface area contributed by atoms with Gasteiger partial charge >= 0.3 is 0 Å². The quantitative estimate of drug-likeness (QED) is 0.278. The Labute approximate surface area is 295 Å². The summed E-state index contributed by atoms with van der Waals surface area (Å²) in [5.41, 5.74) is 13.3. The number of aromatic nitrogens is 3. The summed E-state index contributed by atoms with van der Waals surface area (Å²) in [6.07, 6.45) is 0. The number of furan rings is 1. The van der Waals surface area contributed by atoms with Crippen LogP contribution in [0.5, 0.6) is 0 Å². The van der Waals surface area contributed by atoms with Crippen LogP contribution in [-0.4, -0.2) is 54.2 Å². The van der Waals surface area contributed by atoms with E-state index < -0.39 is 0 Å². The molecule has 0 spiro atoms. The lowest BCUT2D eigenvalue weighted by Gasteiger charge is -2.20. The number of hydrogen-bond acceptors (Lipinski definition) is 4. The van der Waals surface area contributed by atoms with Crippen molar-refractivity contribution in [1.82, 2.24) is 15.0 Å². The summed E-state index contributed by atoms with van der Waals surface area (Å²) in [5, 5.41) is 6.82. The van der Waals surface area contributed by atoms with Crippen LogP contribution < -0.4 is 27.3 Å². The molecule has 0 aliphatic heterocycles. The van der Waals surface area contributed by atoms with E-state index in [4.69, 9.17) is 19.4 Å². The molecule has 9 aromatic rings. The lowest BCUT2D eigenvalue weighted by molar-refractivity contribution is 0.669. The van der Waals surface area contributed by atoms with Gasteiger partial charge in [0.05, 0.1) is 0 Å². The first-order valence-electron chi connectivity index (χ1n) is 17.1. The van der Waals surface area contributed by atoms with Gasteiger partial charge in [0.2, 0.25) is 0 Å². The highest BCUT2D eigenvalue weighted by molar-refractivity contribution is 6.68. The van der Waals surface area contributed by atoms with E-state index in [0.29, 0.717) is 17.5 Å². The highest BCUT2D eigenvalue weighted by atomic mass is 16.3. The van der Waals surface area contributed by atoms with Crippen molar-refractivity contribution in [1.29, 1.82) is 0 Å². The van der Waals surface area contributed by atoms with Gasteiger partial charge in [-0.2, -0.15) is 0 Å². The van der Waals surface area contributed by atoms with Crippen molar-refractivity contribution >= 4 is 110 Å². The predicted molar refractivity (Wildman–Crippen MR) is 225 cm³/mol. The fourth-order valence-electron chi connectivity index (χ4n) is 7.62. The third-order valence-corrected chi connectivity index (χ3v) is 10.7. The first kappa shape index (κ1) is 30.3. The first-order chi connectivity index (χ1) is 24.4. The second-order valence-electron chi connectivity index (χ2n) is 13.4. The Hall–Kier alpha value is -5.81. The average molecular weight is 635 g/mol. The molecule has 9 rings (SSSR count). The summed E-state index contributed by atoms with van der Waals surface area (Å²) in [5.74, 6) is 2.02.